The van der Waals surface area contributed by atoms with Crippen molar-refractivity contribution in [3.63, 3.8) is 0 Å². The predicted molar refractivity (Wildman–Crippen MR) is 101 cm³/mol. The Balaban J connectivity index is 1.45. The first-order chi connectivity index (χ1) is 12.8. The number of aromatic nitrogens is 2. The minimum Gasteiger partial charge on any atom is -0.380 e. The Morgan fingerprint density at radius 2 is 1.92 bits per heavy atom. The predicted octanol–water partition coefficient (Wildman–Crippen LogP) is 3.29. The zero-order valence-corrected chi connectivity index (χ0v) is 14.4. The third kappa shape index (κ3) is 3.57. The number of hydrogen-bond acceptors (Lipinski definition) is 4. The van der Waals surface area contributed by atoms with Gasteiger partial charge in [-0.15, -0.1) is 0 Å². The monoisotopic (exact) mass is 344 g/mol. The van der Waals surface area contributed by atoms with Crippen LogP contribution >= 0.6 is 0 Å². The lowest BCUT2D eigenvalue weighted by atomic mass is 9.99. The molecule has 0 fully saturated rings. The van der Waals surface area contributed by atoms with Crippen molar-refractivity contribution >= 4 is 11.6 Å². The zero-order valence-electron chi connectivity index (χ0n) is 14.4. The van der Waals surface area contributed by atoms with Crippen LogP contribution in [0.25, 0.3) is 0 Å². The van der Waals surface area contributed by atoms with Crippen molar-refractivity contribution in [2.24, 2.45) is 0 Å². The summed E-state index contributed by atoms with van der Waals surface area (Å²) in [4.78, 5) is 23.1. The Bertz CT molecular complexity index is 911. The van der Waals surface area contributed by atoms with E-state index in [0.29, 0.717) is 18.7 Å². The summed E-state index contributed by atoms with van der Waals surface area (Å²) in [6.45, 7) is 2.04. The van der Waals surface area contributed by atoms with E-state index in [1.54, 1.807) is 18.6 Å². The molecule has 1 N–H and O–H groups in total. The summed E-state index contributed by atoms with van der Waals surface area (Å²) in [5.41, 5.74) is 5.09. The maximum absolute atomic E-state index is 12.9. The second-order valence-electron chi connectivity index (χ2n) is 6.42. The standard InChI is InChI=1S/C21H20N4O/c26-21(25-9-7-17-5-1-2-6-18(17)15-25)19-10-20(14-23-13-19)24-12-16-4-3-8-22-11-16/h1-6,8,10-11,13-14,24H,7,9,12,15H2. The number of anilines is 1. The highest BCUT2D eigenvalue weighted by molar-refractivity contribution is 5.94. The average Bonchev–Trinajstić information content (AvgIpc) is 2.72. The highest BCUT2D eigenvalue weighted by Gasteiger charge is 2.21. The molecule has 5 heteroatoms. The highest BCUT2D eigenvalue weighted by Crippen LogP contribution is 2.21. The van der Waals surface area contributed by atoms with Crippen LogP contribution in [0.15, 0.2) is 67.3 Å². The number of fused-ring (bicyclic) bond motifs is 1. The van der Waals surface area contributed by atoms with E-state index in [4.69, 9.17) is 0 Å². The van der Waals surface area contributed by atoms with Gasteiger partial charge in [-0.05, 0) is 35.2 Å². The largest absolute Gasteiger partial charge is 0.380 e. The van der Waals surface area contributed by atoms with E-state index in [9.17, 15) is 4.79 Å². The smallest absolute Gasteiger partial charge is 0.255 e. The number of carbonyl (C=O) groups is 1. The number of amides is 1. The third-order valence-corrected chi connectivity index (χ3v) is 4.62. The Morgan fingerprint density at radius 3 is 2.77 bits per heavy atom. The fraction of sp³-hybridized carbons (Fsp3) is 0.190. The van der Waals surface area contributed by atoms with Gasteiger partial charge >= 0.3 is 0 Å². The van der Waals surface area contributed by atoms with Crippen LogP contribution in [0.3, 0.4) is 0 Å². The molecule has 0 saturated heterocycles. The van der Waals surface area contributed by atoms with Crippen LogP contribution in [0.5, 0.6) is 0 Å². The van der Waals surface area contributed by atoms with Crippen LogP contribution in [-0.2, 0) is 19.5 Å². The molecule has 1 aromatic carbocycles. The van der Waals surface area contributed by atoms with Crippen LogP contribution in [0, 0.1) is 0 Å². The lowest BCUT2D eigenvalue weighted by Crippen LogP contribution is -2.36. The summed E-state index contributed by atoms with van der Waals surface area (Å²) in [7, 11) is 0. The van der Waals surface area contributed by atoms with Crippen molar-refractivity contribution in [2.45, 2.75) is 19.5 Å². The molecular formula is C21H20N4O. The molecule has 0 unspecified atom stereocenters. The summed E-state index contributed by atoms with van der Waals surface area (Å²) in [5, 5.41) is 3.30. The minimum absolute atomic E-state index is 0.0250. The summed E-state index contributed by atoms with van der Waals surface area (Å²) in [6, 6.07) is 14.1. The first-order valence-electron chi connectivity index (χ1n) is 8.73. The fourth-order valence-electron chi connectivity index (χ4n) is 3.21. The summed E-state index contributed by atoms with van der Waals surface area (Å²) in [6.07, 6.45) is 7.84. The molecule has 1 aliphatic heterocycles. The molecule has 130 valence electrons. The van der Waals surface area contributed by atoms with Crippen molar-refractivity contribution in [3.05, 3.63) is 89.5 Å². The fourth-order valence-corrected chi connectivity index (χ4v) is 3.21. The van der Waals surface area contributed by atoms with E-state index in [0.717, 1.165) is 24.2 Å². The van der Waals surface area contributed by atoms with E-state index < -0.39 is 0 Å². The molecule has 0 saturated carbocycles. The number of nitrogens with one attached hydrogen (secondary N) is 1. The van der Waals surface area contributed by atoms with Crippen molar-refractivity contribution in [3.8, 4) is 0 Å². The molecule has 0 bridgehead atoms. The number of benzene rings is 1. The van der Waals surface area contributed by atoms with Crippen LogP contribution in [0.4, 0.5) is 5.69 Å². The van der Waals surface area contributed by atoms with Gasteiger partial charge in [-0.2, -0.15) is 0 Å². The normalized spacial score (nSPS) is 13.2. The molecule has 5 nitrogen and oxygen atoms in total. The van der Waals surface area contributed by atoms with Crippen LogP contribution in [0.2, 0.25) is 0 Å². The Hall–Kier alpha value is -3.21. The SMILES string of the molecule is O=C(c1cncc(NCc2cccnc2)c1)N1CCc2ccccc2C1. The van der Waals surface area contributed by atoms with E-state index >= 15 is 0 Å². The van der Waals surface area contributed by atoms with Crippen molar-refractivity contribution in [1.82, 2.24) is 14.9 Å². The molecule has 2 aromatic heterocycles. The van der Waals surface area contributed by atoms with Gasteiger partial charge in [0.25, 0.3) is 5.91 Å². The van der Waals surface area contributed by atoms with Gasteiger partial charge in [-0.1, -0.05) is 30.3 Å². The van der Waals surface area contributed by atoms with Gasteiger partial charge in [-0.3, -0.25) is 14.8 Å². The Kier molecular flexibility index (Phi) is 4.60. The second kappa shape index (κ2) is 7.35. The van der Waals surface area contributed by atoms with Gasteiger partial charge in [0.15, 0.2) is 0 Å². The first-order valence-corrected chi connectivity index (χ1v) is 8.73. The topological polar surface area (TPSA) is 58.1 Å². The molecule has 0 aliphatic carbocycles. The third-order valence-electron chi connectivity index (χ3n) is 4.62. The number of pyridine rings is 2. The first kappa shape index (κ1) is 16.3. The maximum Gasteiger partial charge on any atom is 0.255 e. The lowest BCUT2D eigenvalue weighted by Gasteiger charge is -2.29. The molecule has 4 rings (SSSR count). The van der Waals surface area contributed by atoms with E-state index in [2.05, 4.69) is 33.5 Å². The van der Waals surface area contributed by atoms with Crippen LogP contribution < -0.4 is 5.32 Å². The van der Waals surface area contributed by atoms with Crippen molar-refractivity contribution in [1.29, 1.82) is 0 Å². The number of hydrogen-bond donors (Lipinski definition) is 1. The number of carbonyl (C=O) groups excluding carboxylic acids is 1. The van der Waals surface area contributed by atoms with Gasteiger partial charge in [0.05, 0.1) is 11.3 Å². The molecule has 3 heterocycles. The van der Waals surface area contributed by atoms with E-state index in [1.165, 1.54) is 11.1 Å². The highest BCUT2D eigenvalue weighted by atomic mass is 16.2. The Morgan fingerprint density at radius 1 is 1.04 bits per heavy atom. The molecule has 0 radical (unpaired) electrons. The van der Waals surface area contributed by atoms with Gasteiger partial charge in [0, 0.05) is 44.4 Å². The van der Waals surface area contributed by atoms with Crippen molar-refractivity contribution in [2.75, 3.05) is 11.9 Å². The van der Waals surface area contributed by atoms with Crippen LogP contribution in [0.1, 0.15) is 27.0 Å². The van der Waals surface area contributed by atoms with E-state index in [-0.39, 0.29) is 5.91 Å². The molecular weight excluding hydrogens is 324 g/mol. The summed E-state index contributed by atoms with van der Waals surface area (Å²) < 4.78 is 0. The van der Waals surface area contributed by atoms with Gasteiger partial charge in [-0.25, -0.2) is 0 Å². The average molecular weight is 344 g/mol. The number of nitrogens with zero attached hydrogens (tertiary/aromatic N) is 3. The second-order valence-corrected chi connectivity index (χ2v) is 6.42. The van der Waals surface area contributed by atoms with Gasteiger partial charge in [0.1, 0.15) is 0 Å². The quantitative estimate of drug-likeness (QED) is 0.789. The van der Waals surface area contributed by atoms with Gasteiger partial charge in [0.2, 0.25) is 0 Å². The molecule has 1 aliphatic rings. The Labute approximate surface area is 152 Å². The van der Waals surface area contributed by atoms with E-state index in [1.807, 2.05) is 35.4 Å². The lowest BCUT2D eigenvalue weighted by molar-refractivity contribution is 0.0734. The summed E-state index contributed by atoms with van der Waals surface area (Å²) in [5.74, 6) is 0.0250. The molecule has 0 spiro atoms. The maximum atomic E-state index is 12.9. The van der Waals surface area contributed by atoms with Gasteiger partial charge < -0.3 is 10.2 Å². The zero-order chi connectivity index (χ0) is 17.8. The minimum atomic E-state index is 0.0250. The molecule has 3 aromatic rings. The van der Waals surface area contributed by atoms with Crippen molar-refractivity contribution < 1.29 is 4.79 Å². The van der Waals surface area contributed by atoms with Crippen LogP contribution in [-0.4, -0.2) is 27.3 Å². The molecule has 1 amide bonds. The summed E-state index contributed by atoms with van der Waals surface area (Å²) >= 11 is 0. The molecule has 0 atom stereocenters. The molecule has 26 heavy (non-hydrogen) atoms. The number of rotatable bonds is 4.